The van der Waals surface area contributed by atoms with Crippen LogP contribution < -0.4 is 0 Å². The molecule has 0 fully saturated rings. The van der Waals surface area contributed by atoms with Crippen molar-refractivity contribution in [1.29, 1.82) is 0 Å². The smallest absolute Gasteiger partial charge is 0.174 e. The minimum absolute atomic E-state index is 0.165. The normalized spacial score (nSPS) is 12.2. The van der Waals surface area contributed by atoms with E-state index in [1.165, 1.54) is 36.4 Å². The van der Waals surface area contributed by atoms with E-state index in [0.29, 0.717) is 11.1 Å². The second kappa shape index (κ2) is 6.56. The Morgan fingerprint density at radius 2 is 1.42 bits per heavy atom. The van der Waals surface area contributed by atoms with Crippen molar-refractivity contribution in [3.8, 4) is 0 Å². The van der Waals surface area contributed by atoms with Crippen LogP contribution in [0.3, 0.4) is 0 Å². The van der Waals surface area contributed by atoms with Crippen LogP contribution in [-0.2, 0) is 0 Å². The highest BCUT2D eigenvalue weighted by molar-refractivity contribution is 6.05. The van der Waals surface area contributed by atoms with Crippen molar-refractivity contribution in [2.24, 2.45) is 0 Å². The molecular formula is C22H15F2NO. The van der Waals surface area contributed by atoms with Crippen molar-refractivity contribution >= 4 is 16.7 Å². The van der Waals surface area contributed by atoms with E-state index < -0.39 is 11.7 Å². The van der Waals surface area contributed by atoms with E-state index >= 15 is 0 Å². The molecule has 1 unspecified atom stereocenters. The molecule has 1 N–H and O–H groups in total. The summed E-state index contributed by atoms with van der Waals surface area (Å²) in [6, 6.07) is 19.1. The third kappa shape index (κ3) is 2.90. The lowest BCUT2D eigenvalue weighted by Gasteiger charge is -2.16. The van der Waals surface area contributed by atoms with Crippen molar-refractivity contribution in [1.82, 2.24) is 4.98 Å². The molecule has 3 aromatic carbocycles. The molecule has 1 aromatic heterocycles. The lowest BCUT2D eigenvalue weighted by atomic mass is 9.84. The van der Waals surface area contributed by atoms with Crippen LogP contribution in [0, 0.1) is 11.6 Å². The number of ketones is 1. The standard InChI is InChI=1S/C22H15F2NO/c23-16-9-5-14(6-10-16)21(22(26)15-7-11-17(24)12-8-15)19-13-25-20-4-2-1-3-18(19)20/h1-13,21,25H. The number of Topliss-reactive ketones (excluding diaryl/α,β-unsaturated/α-hetero) is 1. The Balaban J connectivity index is 1.88. The SMILES string of the molecule is O=C(c1ccc(F)cc1)C(c1ccc(F)cc1)c1c[nH]c2ccccc12. The minimum Gasteiger partial charge on any atom is -0.361 e. The Labute approximate surface area is 149 Å². The molecule has 0 spiro atoms. The third-order valence-electron chi connectivity index (χ3n) is 4.53. The molecular weight excluding hydrogens is 332 g/mol. The van der Waals surface area contributed by atoms with E-state index in [4.69, 9.17) is 0 Å². The van der Waals surface area contributed by atoms with Gasteiger partial charge in [-0.15, -0.1) is 0 Å². The quantitative estimate of drug-likeness (QED) is 0.489. The molecule has 1 heterocycles. The molecule has 0 aliphatic heterocycles. The number of hydrogen-bond donors (Lipinski definition) is 1. The zero-order valence-electron chi connectivity index (χ0n) is 13.7. The van der Waals surface area contributed by atoms with Crippen LogP contribution in [0.15, 0.2) is 79.0 Å². The van der Waals surface area contributed by atoms with Gasteiger partial charge in [0, 0.05) is 22.7 Å². The Morgan fingerprint density at radius 3 is 2.12 bits per heavy atom. The summed E-state index contributed by atoms with van der Waals surface area (Å²) < 4.78 is 26.6. The molecule has 128 valence electrons. The van der Waals surface area contributed by atoms with Crippen LogP contribution in [0.5, 0.6) is 0 Å². The number of H-pyrrole nitrogens is 1. The number of para-hydroxylation sites is 1. The molecule has 0 aliphatic carbocycles. The second-order valence-electron chi connectivity index (χ2n) is 6.15. The van der Waals surface area contributed by atoms with E-state index in [-0.39, 0.29) is 11.6 Å². The molecule has 0 bridgehead atoms. The molecule has 4 heteroatoms. The summed E-state index contributed by atoms with van der Waals surface area (Å²) in [7, 11) is 0. The maximum absolute atomic E-state index is 13.4. The second-order valence-corrected chi connectivity index (χ2v) is 6.15. The fourth-order valence-corrected chi connectivity index (χ4v) is 3.24. The molecule has 0 saturated carbocycles. The molecule has 0 aliphatic rings. The van der Waals surface area contributed by atoms with E-state index in [9.17, 15) is 13.6 Å². The Kier molecular flexibility index (Phi) is 4.09. The first-order chi connectivity index (χ1) is 12.6. The van der Waals surface area contributed by atoms with Crippen molar-refractivity contribution in [3.63, 3.8) is 0 Å². The lowest BCUT2D eigenvalue weighted by Crippen LogP contribution is -2.14. The molecule has 0 amide bonds. The number of rotatable bonds is 4. The summed E-state index contributed by atoms with van der Waals surface area (Å²) in [6.45, 7) is 0. The summed E-state index contributed by atoms with van der Waals surface area (Å²) >= 11 is 0. The van der Waals surface area contributed by atoms with Crippen molar-refractivity contribution in [2.75, 3.05) is 0 Å². The van der Waals surface area contributed by atoms with Gasteiger partial charge in [0.1, 0.15) is 11.6 Å². The molecule has 0 radical (unpaired) electrons. The fourth-order valence-electron chi connectivity index (χ4n) is 3.24. The Hall–Kier alpha value is -3.27. The summed E-state index contributed by atoms with van der Waals surface area (Å²) in [5.41, 5.74) is 2.82. The highest BCUT2D eigenvalue weighted by Crippen LogP contribution is 2.33. The first-order valence-electron chi connectivity index (χ1n) is 8.25. The van der Waals surface area contributed by atoms with Gasteiger partial charge < -0.3 is 4.98 Å². The van der Waals surface area contributed by atoms with Gasteiger partial charge in [-0.2, -0.15) is 0 Å². The molecule has 0 saturated heterocycles. The Bertz CT molecular complexity index is 1070. The van der Waals surface area contributed by atoms with Gasteiger partial charge in [0.15, 0.2) is 5.78 Å². The monoisotopic (exact) mass is 347 g/mol. The predicted molar refractivity (Wildman–Crippen MR) is 97.3 cm³/mol. The molecule has 4 rings (SSSR count). The van der Waals surface area contributed by atoms with Crippen LogP contribution >= 0.6 is 0 Å². The average molecular weight is 347 g/mol. The van der Waals surface area contributed by atoms with Gasteiger partial charge in [-0.3, -0.25) is 4.79 Å². The molecule has 1 atom stereocenters. The van der Waals surface area contributed by atoms with Crippen LogP contribution in [0.1, 0.15) is 27.4 Å². The van der Waals surface area contributed by atoms with Gasteiger partial charge in [0.05, 0.1) is 5.92 Å². The number of hydrogen-bond acceptors (Lipinski definition) is 1. The number of nitrogens with one attached hydrogen (secondary N) is 1. The van der Waals surface area contributed by atoms with Gasteiger partial charge in [0.25, 0.3) is 0 Å². The molecule has 4 aromatic rings. The minimum atomic E-state index is -0.614. The van der Waals surface area contributed by atoms with E-state index in [1.807, 2.05) is 24.3 Å². The first-order valence-corrected chi connectivity index (χ1v) is 8.25. The maximum Gasteiger partial charge on any atom is 0.174 e. The van der Waals surface area contributed by atoms with Crippen LogP contribution in [0.2, 0.25) is 0 Å². The number of benzene rings is 3. The lowest BCUT2D eigenvalue weighted by molar-refractivity contribution is 0.0974. The van der Waals surface area contributed by atoms with Crippen LogP contribution in [0.4, 0.5) is 8.78 Å². The van der Waals surface area contributed by atoms with Crippen LogP contribution in [-0.4, -0.2) is 10.8 Å². The van der Waals surface area contributed by atoms with Crippen molar-refractivity contribution < 1.29 is 13.6 Å². The summed E-state index contributed by atoms with van der Waals surface area (Å²) in [4.78, 5) is 16.4. The number of carbonyl (C=O) groups excluding carboxylic acids is 1. The predicted octanol–water partition coefficient (Wildman–Crippen LogP) is 5.46. The number of fused-ring (bicyclic) bond motifs is 1. The van der Waals surface area contributed by atoms with E-state index in [2.05, 4.69) is 4.98 Å². The number of aromatic nitrogens is 1. The van der Waals surface area contributed by atoms with Crippen LogP contribution in [0.25, 0.3) is 10.9 Å². The average Bonchev–Trinajstić information content (AvgIpc) is 3.08. The van der Waals surface area contributed by atoms with E-state index in [0.717, 1.165) is 16.5 Å². The van der Waals surface area contributed by atoms with Crippen molar-refractivity contribution in [3.05, 3.63) is 107 Å². The zero-order valence-corrected chi connectivity index (χ0v) is 13.7. The summed E-state index contributed by atoms with van der Waals surface area (Å²) in [6.07, 6.45) is 1.81. The largest absolute Gasteiger partial charge is 0.361 e. The van der Waals surface area contributed by atoms with Gasteiger partial charge in [-0.1, -0.05) is 30.3 Å². The molecule has 2 nitrogen and oxygen atoms in total. The number of carbonyl (C=O) groups is 1. The van der Waals surface area contributed by atoms with Gasteiger partial charge >= 0.3 is 0 Å². The maximum atomic E-state index is 13.4. The van der Waals surface area contributed by atoms with Gasteiger partial charge in [0.2, 0.25) is 0 Å². The Morgan fingerprint density at radius 1 is 0.808 bits per heavy atom. The van der Waals surface area contributed by atoms with Gasteiger partial charge in [-0.25, -0.2) is 8.78 Å². The molecule has 26 heavy (non-hydrogen) atoms. The number of halogens is 2. The topological polar surface area (TPSA) is 32.9 Å². The number of aromatic amines is 1. The summed E-state index contributed by atoms with van der Waals surface area (Å²) in [5, 5.41) is 0.928. The highest BCUT2D eigenvalue weighted by Gasteiger charge is 2.26. The van der Waals surface area contributed by atoms with Crippen molar-refractivity contribution in [2.45, 2.75) is 5.92 Å². The zero-order chi connectivity index (χ0) is 18.1. The fraction of sp³-hybridized carbons (Fsp3) is 0.0455. The first kappa shape index (κ1) is 16.2. The van der Waals surface area contributed by atoms with E-state index in [1.54, 1.807) is 18.3 Å². The van der Waals surface area contributed by atoms with Gasteiger partial charge in [-0.05, 0) is 53.6 Å². The highest BCUT2D eigenvalue weighted by atomic mass is 19.1. The summed E-state index contributed by atoms with van der Waals surface area (Å²) in [5.74, 6) is -1.54. The third-order valence-corrected chi connectivity index (χ3v) is 4.53.